The number of halogens is 1. The van der Waals surface area contributed by atoms with Crippen molar-refractivity contribution in [1.29, 1.82) is 0 Å². The summed E-state index contributed by atoms with van der Waals surface area (Å²) in [7, 11) is -0.823. The van der Waals surface area contributed by atoms with Crippen molar-refractivity contribution in [2.75, 3.05) is 14.1 Å². The zero-order valence-electron chi connectivity index (χ0n) is 13.6. The van der Waals surface area contributed by atoms with Crippen LogP contribution in [0.4, 0.5) is 0 Å². The molecular formula is C17H18ClNO4S. The highest BCUT2D eigenvalue weighted by molar-refractivity contribution is 7.89. The van der Waals surface area contributed by atoms with Crippen LogP contribution < -0.4 is 0 Å². The number of carbonyl (C=O) groups is 1. The summed E-state index contributed by atoms with van der Waals surface area (Å²) in [6, 6.07) is 11.5. The molecule has 0 spiro atoms. The van der Waals surface area contributed by atoms with Gasteiger partial charge in [-0.05, 0) is 36.2 Å². The Labute approximate surface area is 146 Å². The van der Waals surface area contributed by atoms with Crippen LogP contribution in [0.1, 0.15) is 21.5 Å². The molecule has 2 rings (SSSR count). The van der Waals surface area contributed by atoms with Gasteiger partial charge in [-0.25, -0.2) is 17.5 Å². The van der Waals surface area contributed by atoms with Gasteiger partial charge in [0.15, 0.2) is 0 Å². The standard InChI is InChI=1S/C17H18ClNO4S/c1-12-6-4-5-7-13(12)11-23-17(20)15-10-14(8-9-16(15)18)24(21,22)19(2)3/h4-10H,11H2,1-3H3. The fourth-order valence-corrected chi connectivity index (χ4v) is 3.15. The molecule has 5 nitrogen and oxygen atoms in total. The van der Waals surface area contributed by atoms with E-state index in [0.29, 0.717) is 0 Å². The molecule has 0 aliphatic heterocycles. The van der Waals surface area contributed by atoms with E-state index in [1.165, 1.54) is 32.3 Å². The molecule has 0 amide bonds. The molecule has 0 unspecified atom stereocenters. The Morgan fingerprint density at radius 2 is 1.83 bits per heavy atom. The number of benzene rings is 2. The van der Waals surface area contributed by atoms with Gasteiger partial charge in [-0.3, -0.25) is 0 Å². The Balaban J connectivity index is 2.25. The lowest BCUT2D eigenvalue weighted by Crippen LogP contribution is -2.22. The van der Waals surface area contributed by atoms with E-state index in [0.717, 1.165) is 15.4 Å². The topological polar surface area (TPSA) is 63.7 Å². The van der Waals surface area contributed by atoms with Gasteiger partial charge < -0.3 is 4.74 Å². The average molecular weight is 368 g/mol. The third kappa shape index (κ3) is 3.95. The summed E-state index contributed by atoms with van der Waals surface area (Å²) in [5.74, 6) is -0.668. The van der Waals surface area contributed by atoms with Crippen LogP contribution in [0.15, 0.2) is 47.4 Å². The highest BCUT2D eigenvalue weighted by Gasteiger charge is 2.21. The SMILES string of the molecule is Cc1ccccc1COC(=O)c1cc(S(=O)(=O)N(C)C)ccc1Cl. The summed E-state index contributed by atoms with van der Waals surface area (Å²) >= 11 is 6.02. The van der Waals surface area contributed by atoms with Gasteiger partial charge in [0, 0.05) is 14.1 Å². The molecule has 0 saturated heterocycles. The van der Waals surface area contributed by atoms with E-state index in [4.69, 9.17) is 16.3 Å². The molecule has 0 N–H and O–H groups in total. The van der Waals surface area contributed by atoms with Crippen LogP contribution in [-0.2, 0) is 21.4 Å². The molecule has 7 heteroatoms. The van der Waals surface area contributed by atoms with Crippen molar-refractivity contribution in [1.82, 2.24) is 4.31 Å². The molecule has 2 aromatic carbocycles. The molecule has 0 heterocycles. The maximum atomic E-state index is 12.3. The Morgan fingerprint density at radius 1 is 1.17 bits per heavy atom. The fraction of sp³-hybridized carbons (Fsp3) is 0.235. The minimum atomic E-state index is -3.66. The third-order valence-electron chi connectivity index (χ3n) is 3.56. The van der Waals surface area contributed by atoms with E-state index in [2.05, 4.69) is 0 Å². The van der Waals surface area contributed by atoms with Crippen LogP contribution >= 0.6 is 11.6 Å². The highest BCUT2D eigenvalue weighted by Crippen LogP contribution is 2.23. The molecule has 0 aliphatic rings. The van der Waals surface area contributed by atoms with Crippen molar-refractivity contribution < 1.29 is 17.9 Å². The number of ether oxygens (including phenoxy) is 1. The van der Waals surface area contributed by atoms with Crippen LogP contribution in [0.5, 0.6) is 0 Å². The number of esters is 1. The maximum absolute atomic E-state index is 12.3. The third-order valence-corrected chi connectivity index (χ3v) is 5.70. The minimum absolute atomic E-state index is 0.0141. The van der Waals surface area contributed by atoms with Crippen LogP contribution in [0.2, 0.25) is 5.02 Å². The Morgan fingerprint density at radius 3 is 2.46 bits per heavy atom. The lowest BCUT2D eigenvalue weighted by atomic mass is 10.1. The van der Waals surface area contributed by atoms with Gasteiger partial charge in [0.25, 0.3) is 0 Å². The van der Waals surface area contributed by atoms with Crippen molar-refractivity contribution in [3.05, 3.63) is 64.2 Å². The van der Waals surface area contributed by atoms with E-state index >= 15 is 0 Å². The Hall–Kier alpha value is -1.89. The number of hydrogen-bond acceptors (Lipinski definition) is 4. The molecule has 128 valence electrons. The van der Waals surface area contributed by atoms with Gasteiger partial charge in [0.05, 0.1) is 15.5 Å². The smallest absolute Gasteiger partial charge is 0.340 e. The number of carbonyl (C=O) groups excluding carboxylic acids is 1. The number of nitrogens with zero attached hydrogens (tertiary/aromatic N) is 1. The predicted octanol–water partition coefficient (Wildman–Crippen LogP) is 3.26. The first-order valence-electron chi connectivity index (χ1n) is 7.17. The van der Waals surface area contributed by atoms with E-state index in [1.54, 1.807) is 0 Å². The van der Waals surface area contributed by atoms with E-state index in [1.807, 2.05) is 31.2 Å². The van der Waals surface area contributed by atoms with Crippen molar-refractivity contribution in [3.63, 3.8) is 0 Å². The summed E-state index contributed by atoms with van der Waals surface area (Å²) in [5, 5.41) is 0.141. The molecule has 0 bridgehead atoms. The molecule has 24 heavy (non-hydrogen) atoms. The molecular weight excluding hydrogens is 350 g/mol. The summed E-state index contributed by atoms with van der Waals surface area (Å²) in [4.78, 5) is 12.3. The van der Waals surface area contributed by atoms with E-state index < -0.39 is 16.0 Å². The number of aryl methyl sites for hydroxylation is 1. The van der Waals surface area contributed by atoms with Gasteiger partial charge in [0.1, 0.15) is 6.61 Å². The zero-order chi connectivity index (χ0) is 17.9. The van der Waals surface area contributed by atoms with Crippen molar-refractivity contribution >= 4 is 27.6 Å². The summed E-state index contributed by atoms with van der Waals surface area (Å²) in [6.07, 6.45) is 0. The lowest BCUT2D eigenvalue weighted by molar-refractivity contribution is 0.0472. The van der Waals surface area contributed by atoms with Gasteiger partial charge in [-0.1, -0.05) is 35.9 Å². The van der Waals surface area contributed by atoms with Gasteiger partial charge in [-0.2, -0.15) is 0 Å². The van der Waals surface area contributed by atoms with Crippen LogP contribution in [0.3, 0.4) is 0 Å². The normalized spacial score (nSPS) is 11.5. The van der Waals surface area contributed by atoms with Crippen LogP contribution in [-0.4, -0.2) is 32.8 Å². The van der Waals surface area contributed by atoms with E-state index in [9.17, 15) is 13.2 Å². The Kier molecular flexibility index (Phi) is 5.64. The minimum Gasteiger partial charge on any atom is -0.457 e. The number of rotatable bonds is 5. The van der Waals surface area contributed by atoms with Crippen molar-refractivity contribution in [3.8, 4) is 0 Å². The first kappa shape index (κ1) is 18.4. The van der Waals surface area contributed by atoms with Crippen LogP contribution in [0.25, 0.3) is 0 Å². The van der Waals surface area contributed by atoms with Gasteiger partial charge in [0.2, 0.25) is 10.0 Å². The number of sulfonamides is 1. The predicted molar refractivity (Wildman–Crippen MR) is 92.6 cm³/mol. The molecule has 0 aromatic heterocycles. The fourth-order valence-electron chi connectivity index (χ4n) is 2.03. The Bertz CT molecular complexity index is 863. The molecule has 0 radical (unpaired) electrons. The second-order valence-corrected chi connectivity index (χ2v) is 7.99. The second kappa shape index (κ2) is 7.34. The maximum Gasteiger partial charge on any atom is 0.340 e. The summed E-state index contributed by atoms with van der Waals surface area (Å²) in [6.45, 7) is 2.01. The monoisotopic (exact) mass is 367 g/mol. The van der Waals surface area contributed by atoms with Gasteiger partial charge >= 0.3 is 5.97 Å². The van der Waals surface area contributed by atoms with Crippen LogP contribution in [0, 0.1) is 6.92 Å². The van der Waals surface area contributed by atoms with Gasteiger partial charge in [-0.15, -0.1) is 0 Å². The van der Waals surface area contributed by atoms with Crippen molar-refractivity contribution in [2.45, 2.75) is 18.4 Å². The number of hydrogen-bond donors (Lipinski definition) is 0. The average Bonchev–Trinajstić information content (AvgIpc) is 2.54. The first-order valence-corrected chi connectivity index (χ1v) is 8.99. The van der Waals surface area contributed by atoms with Crippen molar-refractivity contribution in [2.24, 2.45) is 0 Å². The lowest BCUT2D eigenvalue weighted by Gasteiger charge is -2.13. The quantitative estimate of drug-likeness (QED) is 0.761. The molecule has 0 atom stereocenters. The second-order valence-electron chi connectivity index (χ2n) is 5.43. The van der Waals surface area contributed by atoms with E-state index in [-0.39, 0.29) is 22.1 Å². The molecule has 0 fully saturated rings. The first-order chi connectivity index (χ1) is 11.2. The molecule has 0 saturated carbocycles. The highest BCUT2D eigenvalue weighted by atomic mass is 35.5. The molecule has 0 aliphatic carbocycles. The summed E-state index contributed by atoms with van der Waals surface area (Å²) < 4.78 is 30.7. The molecule has 2 aromatic rings. The largest absolute Gasteiger partial charge is 0.457 e. The zero-order valence-corrected chi connectivity index (χ0v) is 15.2. The summed E-state index contributed by atoms with van der Waals surface area (Å²) in [5.41, 5.74) is 1.90.